The predicted octanol–water partition coefficient (Wildman–Crippen LogP) is 1.96. The summed E-state index contributed by atoms with van der Waals surface area (Å²) in [5.41, 5.74) is -1.01. The van der Waals surface area contributed by atoms with Gasteiger partial charge in [-0.15, -0.1) is 0 Å². The third-order valence-electron chi connectivity index (χ3n) is 2.36. The number of likely N-dealkylation sites (tertiary alicyclic amines) is 1. The molecule has 0 aliphatic carbocycles. The maximum absolute atomic E-state index is 11.7. The highest BCUT2D eigenvalue weighted by Gasteiger charge is 2.34. The minimum Gasteiger partial charge on any atom is -0.458 e. The minimum atomic E-state index is -0.511. The van der Waals surface area contributed by atoms with Gasteiger partial charge in [0.25, 0.3) is 0 Å². The summed E-state index contributed by atoms with van der Waals surface area (Å²) in [6.45, 7) is 11.7. The number of nitrogens with zero attached hydrogens (tertiary/aromatic N) is 1. The summed E-state index contributed by atoms with van der Waals surface area (Å²) in [5, 5.41) is 0. The van der Waals surface area contributed by atoms with E-state index < -0.39 is 17.2 Å². The molecular weight excluding hydrogens is 262 g/mol. The number of ether oxygens (including phenoxy) is 3. The van der Waals surface area contributed by atoms with E-state index in [9.17, 15) is 9.59 Å². The van der Waals surface area contributed by atoms with E-state index in [4.69, 9.17) is 14.2 Å². The summed E-state index contributed by atoms with van der Waals surface area (Å²) in [6.07, 6.45) is -0.482. The predicted molar refractivity (Wildman–Crippen MR) is 73.4 cm³/mol. The van der Waals surface area contributed by atoms with E-state index in [-0.39, 0.29) is 18.8 Å². The number of esters is 1. The molecule has 1 amide bonds. The van der Waals surface area contributed by atoms with Gasteiger partial charge in [0.05, 0.1) is 19.2 Å². The van der Waals surface area contributed by atoms with E-state index in [1.807, 2.05) is 20.8 Å². The minimum absolute atomic E-state index is 0.0932. The van der Waals surface area contributed by atoms with E-state index in [2.05, 4.69) is 0 Å². The van der Waals surface area contributed by atoms with Crippen LogP contribution in [0, 0.1) is 0 Å². The van der Waals surface area contributed by atoms with Crippen molar-refractivity contribution in [3.05, 3.63) is 0 Å². The van der Waals surface area contributed by atoms with Crippen molar-refractivity contribution < 1.29 is 23.8 Å². The Morgan fingerprint density at radius 2 is 1.50 bits per heavy atom. The molecule has 0 aromatic carbocycles. The SMILES string of the molecule is CC(C)(C)OC(=O)COC1CN(C(=O)OC(C)(C)C)C1. The molecule has 0 unspecified atom stereocenters. The zero-order chi connectivity index (χ0) is 15.6. The standard InChI is InChI=1S/C14H25NO5/c1-13(2,3)19-11(16)9-18-10-7-15(8-10)12(17)20-14(4,5)6/h10H,7-9H2,1-6H3. The molecular formula is C14H25NO5. The lowest BCUT2D eigenvalue weighted by molar-refractivity contribution is -0.165. The Balaban J connectivity index is 2.20. The lowest BCUT2D eigenvalue weighted by atomic mass is 10.2. The summed E-state index contributed by atoms with van der Waals surface area (Å²) >= 11 is 0. The van der Waals surface area contributed by atoms with Gasteiger partial charge in [0.15, 0.2) is 0 Å². The van der Waals surface area contributed by atoms with E-state index in [0.717, 1.165) is 0 Å². The van der Waals surface area contributed by atoms with E-state index in [0.29, 0.717) is 13.1 Å². The van der Waals surface area contributed by atoms with E-state index >= 15 is 0 Å². The van der Waals surface area contributed by atoms with E-state index in [1.54, 1.807) is 25.7 Å². The van der Waals surface area contributed by atoms with Crippen LogP contribution in [-0.4, -0.2) is 54.0 Å². The molecule has 0 atom stereocenters. The average Bonchev–Trinajstić information content (AvgIpc) is 2.08. The Hall–Kier alpha value is -1.30. The highest BCUT2D eigenvalue weighted by atomic mass is 16.6. The first kappa shape index (κ1) is 16.8. The lowest BCUT2D eigenvalue weighted by Crippen LogP contribution is -2.56. The zero-order valence-electron chi connectivity index (χ0n) is 13.2. The highest BCUT2D eigenvalue weighted by Crippen LogP contribution is 2.17. The van der Waals surface area contributed by atoms with Crippen LogP contribution in [0.5, 0.6) is 0 Å². The monoisotopic (exact) mass is 287 g/mol. The van der Waals surface area contributed by atoms with Crippen LogP contribution in [0.2, 0.25) is 0 Å². The molecule has 1 saturated heterocycles. The van der Waals surface area contributed by atoms with Gasteiger partial charge in [-0.2, -0.15) is 0 Å². The van der Waals surface area contributed by atoms with Gasteiger partial charge in [-0.3, -0.25) is 0 Å². The van der Waals surface area contributed by atoms with Gasteiger partial charge < -0.3 is 19.1 Å². The van der Waals surface area contributed by atoms with Crippen molar-refractivity contribution in [3.63, 3.8) is 0 Å². The van der Waals surface area contributed by atoms with Crippen molar-refractivity contribution in [1.82, 2.24) is 4.90 Å². The second kappa shape index (κ2) is 5.99. The van der Waals surface area contributed by atoms with Gasteiger partial charge >= 0.3 is 12.1 Å². The van der Waals surface area contributed by atoms with Crippen LogP contribution >= 0.6 is 0 Å². The Bertz CT molecular complexity index is 358. The average molecular weight is 287 g/mol. The van der Waals surface area contributed by atoms with Crippen LogP contribution in [0.4, 0.5) is 4.79 Å². The van der Waals surface area contributed by atoms with Crippen molar-refractivity contribution in [1.29, 1.82) is 0 Å². The first-order chi connectivity index (χ1) is 8.96. The van der Waals surface area contributed by atoms with Crippen molar-refractivity contribution in [2.45, 2.75) is 58.8 Å². The third-order valence-corrected chi connectivity index (χ3v) is 2.36. The van der Waals surface area contributed by atoms with Gasteiger partial charge in [0.2, 0.25) is 0 Å². The van der Waals surface area contributed by atoms with Crippen LogP contribution in [0.1, 0.15) is 41.5 Å². The van der Waals surface area contributed by atoms with Crippen molar-refractivity contribution in [2.75, 3.05) is 19.7 Å². The quantitative estimate of drug-likeness (QED) is 0.742. The number of hydrogen-bond donors (Lipinski definition) is 0. The third kappa shape index (κ3) is 6.23. The molecule has 6 heteroatoms. The smallest absolute Gasteiger partial charge is 0.410 e. The summed E-state index contributed by atoms with van der Waals surface area (Å²) in [4.78, 5) is 24.7. The largest absolute Gasteiger partial charge is 0.458 e. The Morgan fingerprint density at radius 3 is 1.95 bits per heavy atom. The molecule has 6 nitrogen and oxygen atoms in total. The topological polar surface area (TPSA) is 65.1 Å². The first-order valence-corrected chi connectivity index (χ1v) is 6.78. The molecule has 0 saturated carbocycles. The Morgan fingerprint density at radius 1 is 1.00 bits per heavy atom. The molecule has 1 rings (SSSR count). The number of carbonyl (C=O) groups excluding carboxylic acids is 2. The number of rotatable bonds is 3. The van der Waals surface area contributed by atoms with Gasteiger partial charge in [-0.05, 0) is 41.5 Å². The molecule has 0 aromatic rings. The van der Waals surface area contributed by atoms with Crippen LogP contribution < -0.4 is 0 Å². The van der Waals surface area contributed by atoms with Crippen LogP contribution in [-0.2, 0) is 19.0 Å². The number of carbonyl (C=O) groups is 2. The van der Waals surface area contributed by atoms with E-state index in [1.165, 1.54) is 0 Å². The molecule has 0 bridgehead atoms. The first-order valence-electron chi connectivity index (χ1n) is 6.78. The Labute approximate surface area is 120 Å². The summed E-state index contributed by atoms with van der Waals surface area (Å²) < 4.78 is 15.7. The summed E-state index contributed by atoms with van der Waals surface area (Å²) in [6, 6.07) is 0. The fourth-order valence-electron chi connectivity index (χ4n) is 1.58. The van der Waals surface area contributed by atoms with Crippen molar-refractivity contribution in [3.8, 4) is 0 Å². The second-order valence-electron chi connectivity index (χ2n) is 6.90. The molecule has 0 radical (unpaired) electrons. The zero-order valence-corrected chi connectivity index (χ0v) is 13.2. The molecule has 116 valence electrons. The molecule has 1 aliphatic heterocycles. The molecule has 1 aliphatic rings. The molecule has 1 fully saturated rings. The van der Waals surface area contributed by atoms with Gasteiger partial charge in [0, 0.05) is 0 Å². The normalized spacial score (nSPS) is 16.6. The fraction of sp³-hybridized carbons (Fsp3) is 0.857. The molecule has 20 heavy (non-hydrogen) atoms. The number of amides is 1. The molecule has 0 aromatic heterocycles. The fourth-order valence-corrected chi connectivity index (χ4v) is 1.58. The summed E-state index contributed by atoms with van der Waals surface area (Å²) in [7, 11) is 0. The van der Waals surface area contributed by atoms with Crippen LogP contribution in [0.3, 0.4) is 0 Å². The van der Waals surface area contributed by atoms with Gasteiger partial charge in [-0.1, -0.05) is 0 Å². The number of hydrogen-bond acceptors (Lipinski definition) is 5. The summed E-state index contributed by atoms with van der Waals surface area (Å²) in [5.74, 6) is -0.395. The maximum Gasteiger partial charge on any atom is 0.410 e. The maximum atomic E-state index is 11.7. The molecule has 1 heterocycles. The Kier molecular flexibility index (Phi) is 5.02. The van der Waals surface area contributed by atoms with Crippen molar-refractivity contribution >= 4 is 12.1 Å². The molecule has 0 spiro atoms. The van der Waals surface area contributed by atoms with Crippen LogP contribution in [0.25, 0.3) is 0 Å². The highest BCUT2D eigenvalue weighted by molar-refractivity contribution is 5.71. The van der Waals surface area contributed by atoms with Crippen molar-refractivity contribution in [2.24, 2.45) is 0 Å². The molecule has 0 N–H and O–H groups in total. The van der Waals surface area contributed by atoms with Crippen LogP contribution in [0.15, 0.2) is 0 Å². The second-order valence-corrected chi connectivity index (χ2v) is 6.90. The lowest BCUT2D eigenvalue weighted by Gasteiger charge is -2.39. The van der Waals surface area contributed by atoms with Gasteiger partial charge in [0.1, 0.15) is 17.8 Å². The van der Waals surface area contributed by atoms with Gasteiger partial charge in [-0.25, -0.2) is 9.59 Å².